The van der Waals surface area contributed by atoms with Crippen molar-refractivity contribution in [3.8, 4) is 11.3 Å². The molecule has 3 aromatic rings. The lowest BCUT2D eigenvalue weighted by Crippen LogP contribution is -2.37. The predicted octanol–water partition coefficient (Wildman–Crippen LogP) is 2.25. The normalized spacial score (nSPS) is 18.9. The topological polar surface area (TPSA) is 68.1 Å². The first-order valence-corrected chi connectivity index (χ1v) is 9.74. The van der Waals surface area contributed by atoms with Gasteiger partial charge < -0.3 is 15.0 Å². The third-order valence-electron chi connectivity index (χ3n) is 5.44. The van der Waals surface area contributed by atoms with Gasteiger partial charge in [-0.1, -0.05) is 30.3 Å². The predicted molar refractivity (Wildman–Crippen MR) is 105 cm³/mol. The molecule has 0 spiro atoms. The highest BCUT2D eigenvalue weighted by molar-refractivity contribution is 5.91. The molecule has 1 aromatic carbocycles. The van der Waals surface area contributed by atoms with Gasteiger partial charge in [-0.05, 0) is 25.9 Å². The molecule has 0 radical (unpaired) electrons. The fourth-order valence-electron chi connectivity index (χ4n) is 3.95. The highest BCUT2D eigenvalue weighted by Gasteiger charge is 2.23. The van der Waals surface area contributed by atoms with Gasteiger partial charge in [0.25, 0.3) is 0 Å². The van der Waals surface area contributed by atoms with Crippen molar-refractivity contribution in [1.29, 1.82) is 0 Å². The Hall–Kier alpha value is -2.51. The van der Waals surface area contributed by atoms with Crippen LogP contribution in [0.25, 0.3) is 22.3 Å². The second-order valence-corrected chi connectivity index (χ2v) is 7.15. The average molecular weight is 364 g/mol. The fraction of sp³-hybridized carbons (Fsp3) is 0.450. The summed E-state index contributed by atoms with van der Waals surface area (Å²) < 4.78 is 7.63. The Morgan fingerprint density at radius 3 is 2.56 bits per heavy atom. The van der Waals surface area contributed by atoms with Crippen LogP contribution in [-0.4, -0.2) is 59.1 Å². The molecule has 27 heavy (non-hydrogen) atoms. The van der Waals surface area contributed by atoms with Gasteiger partial charge in [-0.2, -0.15) is 10.1 Å². The van der Waals surface area contributed by atoms with E-state index in [0.717, 1.165) is 80.5 Å². The van der Waals surface area contributed by atoms with E-state index in [1.807, 2.05) is 12.3 Å². The van der Waals surface area contributed by atoms with E-state index < -0.39 is 0 Å². The minimum Gasteiger partial charge on any atom is -0.378 e. The van der Waals surface area contributed by atoms with Crippen LogP contribution in [0.5, 0.6) is 0 Å². The van der Waals surface area contributed by atoms with E-state index >= 15 is 0 Å². The van der Waals surface area contributed by atoms with Gasteiger partial charge in [0.2, 0.25) is 5.95 Å². The first kappa shape index (κ1) is 16.6. The molecule has 0 aliphatic carbocycles. The maximum Gasteiger partial charge on any atom is 0.228 e. The first-order valence-electron chi connectivity index (χ1n) is 9.74. The molecule has 2 aliphatic heterocycles. The monoisotopic (exact) mass is 364 g/mol. The lowest BCUT2D eigenvalue weighted by molar-refractivity contribution is 0.122. The molecule has 0 atom stereocenters. The number of aromatic nitrogens is 4. The molecule has 2 aromatic heterocycles. The maximum atomic E-state index is 5.51. The maximum absolute atomic E-state index is 5.51. The molecule has 1 N–H and O–H groups in total. The molecule has 5 rings (SSSR count). The van der Waals surface area contributed by atoms with Crippen molar-refractivity contribution in [3.05, 3.63) is 36.5 Å². The van der Waals surface area contributed by atoms with Crippen LogP contribution in [0.3, 0.4) is 0 Å². The van der Waals surface area contributed by atoms with E-state index in [9.17, 15) is 0 Å². The van der Waals surface area contributed by atoms with Gasteiger partial charge in [0.15, 0.2) is 5.65 Å². The number of hydrogen-bond acceptors (Lipinski definition) is 6. The van der Waals surface area contributed by atoms with Crippen molar-refractivity contribution < 1.29 is 4.74 Å². The molecule has 7 nitrogen and oxygen atoms in total. The Labute approximate surface area is 158 Å². The van der Waals surface area contributed by atoms with Crippen molar-refractivity contribution in [2.24, 2.45) is 0 Å². The zero-order valence-electron chi connectivity index (χ0n) is 15.3. The molecule has 0 saturated carbocycles. The molecular weight excluding hydrogens is 340 g/mol. The highest BCUT2D eigenvalue weighted by Crippen LogP contribution is 2.31. The number of fused-ring (bicyclic) bond motifs is 1. The van der Waals surface area contributed by atoms with Crippen LogP contribution in [0.15, 0.2) is 36.5 Å². The Morgan fingerprint density at radius 2 is 1.78 bits per heavy atom. The number of hydrogen-bond donors (Lipinski definition) is 1. The lowest BCUT2D eigenvalue weighted by Gasteiger charge is -2.27. The summed E-state index contributed by atoms with van der Waals surface area (Å²) >= 11 is 0. The number of anilines is 1. The summed E-state index contributed by atoms with van der Waals surface area (Å²) in [7, 11) is 0. The average Bonchev–Trinajstić information content (AvgIpc) is 3.19. The molecule has 2 fully saturated rings. The van der Waals surface area contributed by atoms with E-state index in [4.69, 9.17) is 19.8 Å². The van der Waals surface area contributed by atoms with Gasteiger partial charge in [-0.25, -0.2) is 9.67 Å². The number of benzene rings is 1. The van der Waals surface area contributed by atoms with Crippen molar-refractivity contribution in [2.75, 3.05) is 44.3 Å². The smallest absolute Gasteiger partial charge is 0.228 e. The summed E-state index contributed by atoms with van der Waals surface area (Å²) in [6.45, 7) is 5.13. The lowest BCUT2D eigenvalue weighted by atomic mass is 10.1. The van der Waals surface area contributed by atoms with Gasteiger partial charge in [-0.15, -0.1) is 0 Å². The van der Waals surface area contributed by atoms with Gasteiger partial charge in [0, 0.05) is 18.7 Å². The minimum atomic E-state index is 0.389. The Kier molecular flexibility index (Phi) is 4.47. The van der Waals surface area contributed by atoms with Gasteiger partial charge in [0.05, 0.1) is 36.5 Å². The van der Waals surface area contributed by atoms with Gasteiger partial charge >= 0.3 is 0 Å². The van der Waals surface area contributed by atoms with E-state index in [0.29, 0.717) is 6.04 Å². The number of nitrogens with zero attached hydrogens (tertiary/aromatic N) is 5. The molecule has 0 unspecified atom stereocenters. The summed E-state index contributed by atoms with van der Waals surface area (Å²) in [5.41, 5.74) is 3.00. The molecule has 2 aliphatic rings. The van der Waals surface area contributed by atoms with Crippen LogP contribution in [0.4, 0.5) is 5.95 Å². The summed E-state index contributed by atoms with van der Waals surface area (Å²) in [5, 5.41) is 9.19. The third-order valence-corrected chi connectivity index (χ3v) is 5.44. The summed E-state index contributed by atoms with van der Waals surface area (Å²) in [5.74, 6) is 0.778. The molecule has 7 heteroatoms. The van der Waals surface area contributed by atoms with E-state index in [1.165, 1.54) is 0 Å². The standard InChI is InChI=1S/C20H24N6O/c1-2-4-15(5-3-1)18-17-14-22-26(16-6-8-21-9-7-16)19(17)24-20(23-18)25-10-12-27-13-11-25/h1-5,14,16,21H,6-13H2. The van der Waals surface area contributed by atoms with Gasteiger partial charge in [0.1, 0.15) is 0 Å². The van der Waals surface area contributed by atoms with Crippen LogP contribution in [0.2, 0.25) is 0 Å². The van der Waals surface area contributed by atoms with Crippen molar-refractivity contribution >= 4 is 17.0 Å². The fourth-order valence-corrected chi connectivity index (χ4v) is 3.95. The number of piperidine rings is 1. The van der Waals surface area contributed by atoms with Crippen molar-refractivity contribution in [2.45, 2.75) is 18.9 Å². The molecule has 4 heterocycles. The minimum absolute atomic E-state index is 0.389. The number of rotatable bonds is 3. The summed E-state index contributed by atoms with van der Waals surface area (Å²) in [4.78, 5) is 12.1. The number of morpholine rings is 1. The highest BCUT2D eigenvalue weighted by atomic mass is 16.5. The SMILES string of the molecule is c1ccc(-c2nc(N3CCOCC3)nc3c2cnn3C2CCNCC2)cc1. The Morgan fingerprint density at radius 1 is 1.00 bits per heavy atom. The molecule has 140 valence electrons. The summed E-state index contributed by atoms with van der Waals surface area (Å²) in [6, 6.07) is 10.7. The second-order valence-electron chi connectivity index (χ2n) is 7.15. The molecule has 0 amide bonds. The molecule has 2 saturated heterocycles. The van der Waals surface area contributed by atoms with Crippen LogP contribution >= 0.6 is 0 Å². The Bertz CT molecular complexity index is 913. The second kappa shape index (κ2) is 7.25. The van der Waals surface area contributed by atoms with E-state index in [2.05, 4.69) is 39.2 Å². The van der Waals surface area contributed by atoms with Crippen molar-refractivity contribution in [1.82, 2.24) is 25.1 Å². The molecule has 0 bridgehead atoms. The Balaban J connectivity index is 1.66. The zero-order chi connectivity index (χ0) is 18.1. The van der Waals surface area contributed by atoms with Crippen LogP contribution in [-0.2, 0) is 4.74 Å². The van der Waals surface area contributed by atoms with E-state index in [-0.39, 0.29) is 0 Å². The van der Waals surface area contributed by atoms with Crippen LogP contribution in [0, 0.1) is 0 Å². The quantitative estimate of drug-likeness (QED) is 0.769. The largest absolute Gasteiger partial charge is 0.378 e. The van der Waals surface area contributed by atoms with E-state index in [1.54, 1.807) is 0 Å². The third kappa shape index (κ3) is 3.17. The number of nitrogens with one attached hydrogen (secondary N) is 1. The molecular formula is C20H24N6O. The van der Waals surface area contributed by atoms with Crippen LogP contribution < -0.4 is 10.2 Å². The zero-order valence-corrected chi connectivity index (χ0v) is 15.3. The first-order chi connectivity index (χ1) is 13.4. The van der Waals surface area contributed by atoms with Gasteiger partial charge in [-0.3, -0.25) is 0 Å². The van der Waals surface area contributed by atoms with Crippen molar-refractivity contribution in [3.63, 3.8) is 0 Å². The van der Waals surface area contributed by atoms with Crippen LogP contribution in [0.1, 0.15) is 18.9 Å². The number of ether oxygens (including phenoxy) is 1. The summed E-state index contributed by atoms with van der Waals surface area (Å²) in [6.07, 6.45) is 4.09.